The van der Waals surface area contributed by atoms with Crippen LogP contribution in [0.15, 0.2) is 48.5 Å². The second-order valence-electron chi connectivity index (χ2n) is 5.99. The molecule has 0 spiro atoms. The summed E-state index contributed by atoms with van der Waals surface area (Å²) in [5.41, 5.74) is 1.99. The van der Waals surface area contributed by atoms with Gasteiger partial charge in [-0.15, -0.1) is 0 Å². The van der Waals surface area contributed by atoms with Crippen molar-refractivity contribution in [2.45, 2.75) is 19.4 Å². The summed E-state index contributed by atoms with van der Waals surface area (Å²) in [5.74, 6) is -1.69. The Hall–Kier alpha value is -2.80. The van der Waals surface area contributed by atoms with E-state index in [0.717, 1.165) is 5.56 Å². The first kappa shape index (κ1) is 20.5. The van der Waals surface area contributed by atoms with Crippen molar-refractivity contribution in [3.8, 4) is 0 Å². The van der Waals surface area contributed by atoms with Gasteiger partial charge in [0.25, 0.3) is 11.8 Å². The zero-order chi connectivity index (χ0) is 19.8. The highest BCUT2D eigenvalue weighted by atomic mass is 32.2. The van der Waals surface area contributed by atoms with Crippen molar-refractivity contribution in [2.75, 3.05) is 17.3 Å². The molecule has 0 unspecified atom stereocenters. The maximum absolute atomic E-state index is 12.5. The van der Waals surface area contributed by atoms with Crippen molar-refractivity contribution in [2.24, 2.45) is 0 Å². The number of carbonyl (C=O) groups excluding carboxylic acids is 3. The number of carbonyl (C=O) groups is 3. The number of carboxylic acid groups (broad SMARTS) is 1. The average molecular weight is 385 g/mol. The first-order chi connectivity index (χ1) is 12.9. The van der Waals surface area contributed by atoms with Crippen LogP contribution in [0, 0.1) is 6.92 Å². The standard InChI is InChI=1S/C20H22N2O4S/c1-13-7-9-14(10-8-13)18(23)21-16-6-4-3-5-15(16)19(24)22-17(20(25)26)11-12-27-2/h3-10,17H,11-12H2,1-2H3,(H,21,23)(H,22,24)(H,25,26)/p-1/t17-/m1/s1. The van der Waals surface area contributed by atoms with Crippen molar-refractivity contribution < 1.29 is 19.5 Å². The molecule has 0 saturated carbocycles. The van der Waals surface area contributed by atoms with Crippen LogP contribution in [0.1, 0.15) is 32.7 Å². The van der Waals surface area contributed by atoms with Crippen LogP contribution in [-0.4, -0.2) is 35.8 Å². The predicted octanol–water partition coefficient (Wildman–Crippen LogP) is 1.85. The minimum Gasteiger partial charge on any atom is -0.548 e. The lowest BCUT2D eigenvalue weighted by molar-refractivity contribution is -0.308. The molecule has 0 bridgehead atoms. The highest BCUT2D eigenvalue weighted by molar-refractivity contribution is 7.98. The molecule has 0 heterocycles. The molecule has 0 aliphatic heterocycles. The molecule has 0 radical (unpaired) electrons. The summed E-state index contributed by atoms with van der Waals surface area (Å²) in [6, 6.07) is 12.4. The fraction of sp³-hybridized carbons (Fsp3) is 0.250. The quantitative estimate of drug-likeness (QED) is 0.723. The van der Waals surface area contributed by atoms with E-state index in [-0.39, 0.29) is 17.9 Å². The Morgan fingerprint density at radius 2 is 1.70 bits per heavy atom. The van der Waals surface area contributed by atoms with Gasteiger partial charge in [-0.05, 0) is 49.6 Å². The summed E-state index contributed by atoms with van der Waals surface area (Å²) in [7, 11) is 0. The second-order valence-corrected chi connectivity index (χ2v) is 6.98. The zero-order valence-corrected chi connectivity index (χ0v) is 16.0. The van der Waals surface area contributed by atoms with Gasteiger partial charge in [-0.25, -0.2) is 0 Å². The molecule has 0 aromatic heterocycles. The summed E-state index contributed by atoms with van der Waals surface area (Å²) >= 11 is 1.48. The van der Waals surface area contributed by atoms with E-state index in [0.29, 0.717) is 17.0 Å². The van der Waals surface area contributed by atoms with Crippen LogP contribution in [0.2, 0.25) is 0 Å². The van der Waals surface area contributed by atoms with Gasteiger partial charge in [0, 0.05) is 5.56 Å². The van der Waals surface area contributed by atoms with E-state index in [1.54, 1.807) is 30.3 Å². The summed E-state index contributed by atoms with van der Waals surface area (Å²) in [4.78, 5) is 36.2. The number of carboxylic acids is 1. The first-order valence-electron chi connectivity index (χ1n) is 8.40. The van der Waals surface area contributed by atoms with Gasteiger partial charge in [0.2, 0.25) is 0 Å². The molecule has 6 nitrogen and oxygen atoms in total. The topological polar surface area (TPSA) is 98.3 Å². The van der Waals surface area contributed by atoms with E-state index in [2.05, 4.69) is 10.6 Å². The molecule has 27 heavy (non-hydrogen) atoms. The van der Waals surface area contributed by atoms with Gasteiger partial charge in [0.15, 0.2) is 0 Å². The Kier molecular flexibility index (Phi) is 7.43. The fourth-order valence-electron chi connectivity index (χ4n) is 2.41. The minimum absolute atomic E-state index is 0.188. The molecule has 2 amide bonds. The summed E-state index contributed by atoms with van der Waals surface area (Å²) < 4.78 is 0. The number of amides is 2. The molecule has 2 rings (SSSR count). The molecule has 142 valence electrons. The number of hydrogen-bond acceptors (Lipinski definition) is 5. The van der Waals surface area contributed by atoms with Crippen LogP contribution in [0.4, 0.5) is 5.69 Å². The van der Waals surface area contributed by atoms with Crippen molar-refractivity contribution in [3.63, 3.8) is 0 Å². The number of aryl methyl sites for hydroxylation is 1. The average Bonchev–Trinajstić information content (AvgIpc) is 2.65. The number of aliphatic carboxylic acids is 1. The van der Waals surface area contributed by atoms with Crippen LogP contribution < -0.4 is 15.7 Å². The Balaban J connectivity index is 2.16. The van der Waals surface area contributed by atoms with Gasteiger partial charge in [-0.1, -0.05) is 29.8 Å². The third-order valence-electron chi connectivity index (χ3n) is 3.93. The number of thioether (sulfide) groups is 1. The van der Waals surface area contributed by atoms with Crippen molar-refractivity contribution in [1.29, 1.82) is 0 Å². The highest BCUT2D eigenvalue weighted by Crippen LogP contribution is 2.17. The molecule has 2 aromatic rings. The molecule has 2 aromatic carbocycles. The van der Waals surface area contributed by atoms with Crippen molar-refractivity contribution in [3.05, 3.63) is 65.2 Å². The van der Waals surface area contributed by atoms with E-state index >= 15 is 0 Å². The predicted molar refractivity (Wildman–Crippen MR) is 105 cm³/mol. The minimum atomic E-state index is -1.33. The number of nitrogens with one attached hydrogen (secondary N) is 2. The van der Waals surface area contributed by atoms with Gasteiger partial charge < -0.3 is 20.5 Å². The van der Waals surface area contributed by atoms with Gasteiger partial charge in [-0.2, -0.15) is 11.8 Å². The van der Waals surface area contributed by atoms with E-state index in [1.165, 1.54) is 17.8 Å². The maximum Gasteiger partial charge on any atom is 0.255 e. The SMILES string of the molecule is CSCC[C@@H](NC(=O)c1ccccc1NC(=O)c1ccc(C)cc1)C(=O)[O-]. The summed E-state index contributed by atoms with van der Waals surface area (Å²) in [6.45, 7) is 1.92. The van der Waals surface area contributed by atoms with Crippen LogP contribution in [0.5, 0.6) is 0 Å². The largest absolute Gasteiger partial charge is 0.548 e. The smallest absolute Gasteiger partial charge is 0.255 e. The Labute approximate surface area is 162 Å². The molecule has 1 atom stereocenters. The van der Waals surface area contributed by atoms with Crippen LogP contribution in [-0.2, 0) is 4.79 Å². The van der Waals surface area contributed by atoms with Gasteiger partial charge in [0.1, 0.15) is 0 Å². The fourth-order valence-corrected chi connectivity index (χ4v) is 2.88. The molecule has 0 saturated heterocycles. The van der Waals surface area contributed by atoms with Crippen LogP contribution >= 0.6 is 11.8 Å². The van der Waals surface area contributed by atoms with E-state index in [4.69, 9.17) is 0 Å². The van der Waals surface area contributed by atoms with Crippen LogP contribution in [0.3, 0.4) is 0 Å². The van der Waals surface area contributed by atoms with Gasteiger partial charge in [-0.3, -0.25) is 9.59 Å². The van der Waals surface area contributed by atoms with Gasteiger partial charge >= 0.3 is 0 Å². The second kappa shape index (κ2) is 9.78. The summed E-state index contributed by atoms with van der Waals surface area (Å²) in [6.07, 6.45) is 2.11. The number of hydrogen-bond donors (Lipinski definition) is 2. The number of para-hydroxylation sites is 1. The lowest BCUT2D eigenvalue weighted by Gasteiger charge is -2.20. The lowest BCUT2D eigenvalue weighted by Crippen LogP contribution is -2.48. The van der Waals surface area contributed by atoms with Crippen LogP contribution in [0.25, 0.3) is 0 Å². The molecular formula is C20H21N2O4S-. The van der Waals surface area contributed by atoms with E-state index in [9.17, 15) is 19.5 Å². The zero-order valence-electron chi connectivity index (χ0n) is 15.2. The van der Waals surface area contributed by atoms with E-state index < -0.39 is 17.9 Å². The normalized spacial score (nSPS) is 11.5. The monoisotopic (exact) mass is 385 g/mol. The number of anilines is 1. The Bertz CT molecular complexity index is 821. The summed E-state index contributed by atoms with van der Waals surface area (Å²) in [5, 5.41) is 16.4. The number of benzene rings is 2. The Morgan fingerprint density at radius 3 is 2.33 bits per heavy atom. The number of rotatable bonds is 8. The Morgan fingerprint density at radius 1 is 1.04 bits per heavy atom. The molecule has 0 fully saturated rings. The third-order valence-corrected chi connectivity index (χ3v) is 4.58. The lowest BCUT2D eigenvalue weighted by atomic mass is 10.1. The third kappa shape index (κ3) is 5.86. The molecule has 0 aliphatic rings. The van der Waals surface area contributed by atoms with Crippen molar-refractivity contribution >= 4 is 35.2 Å². The molecular weight excluding hydrogens is 364 g/mol. The highest BCUT2D eigenvalue weighted by Gasteiger charge is 2.18. The van der Waals surface area contributed by atoms with E-state index in [1.807, 2.05) is 25.3 Å². The first-order valence-corrected chi connectivity index (χ1v) is 9.79. The maximum atomic E-state index is 12.5. The van der Waals surface area contributed by atoms with Gasteiger partial charge in [0.05, 0.1) is 23.3 Å². The molecule has 2 N–H and O–H groups in total. The molecule has 0 aliphatic carbocycles. The van der Waals surface area contributed by atoms with Crippen molar-refractivity contribution in [1.82, 2.24) is 5.32 Å². The molecule has 7 heteroatoms.